The number of unbranched alkanes of at least 4 members (excludes halogenated alkanes) is 1. The van der Waals surface area contributed by atoms with Crippen LogP contribution in [0.15, 0.2) is 119 Å². The maximum atomic E-state index is 13.9. The number of benzene rings is 5. The summed E-state index contributed by atoms with van der Waals surface area (Å²) in [6.07, 6.45) is 1.06. The van der Waals surface area contributed by atoms with Gasteiger partial charge in [0, 0.05) is 60.5 Å². The first-order chi connectivity index (χ1) is 40.9. The third-order valence-corrected chi connectivity index (χ3v) is 18.9. The van der Waals surface area contributed by atoms with Crippen LogP contribution in [0.5, 0.6) is 0 Å². The van der Waals surface area contributed by atoms with Crippen molar-refractivity contribution in [1.82, 2.24) is 30.5 Å². The largest absolute Gasteiger partial charge is 0.449 e. The highest BCUT2D eigenvalue weighted by Crippen LogP contribution is 2.45. The van der Waals surface area contributed by atoms with E-state index in [1.54, 1.807) is 26.8 Å². The molecule has 0 bridgehead atoms. The zero-order chi connectivity index (χ0) is 61.8. The second-order valence-electron chi connectivity index (χ2n) is 22.5. The molecule has 2 heterocycles. The summed E-state index contributed by atoms with van der Waals surface area (Å²) in [7, 11) is -8.93. The number of aliphatic hydroxyl groups is 1. The van der Waals surface area contributed by atoms with E-state index in [0.717, 1.165) is 28.3 Å². The number of carbonyl (C=O) groups excluding carboxylic acids is 7. The molecule has 5 unspecified atom stereocenters. The lowest BCUT2D eigenvalue weighted by Crippen LogP contribution is -2.46. The number of nitrogen functional groups attached to an aromatic ring is 1. The lowest BCUT2D eigenvalue weighted by atomic mass is 9.82. The van der Waals surface area contributed by atoms with Gasteiger partial charge >= 0.3 is 6.09 Å². The molecule has 22 nitrogen and oxygen atoms in total. The van der Waals surface area contributed by atoms with Gasteiger partial charge in [-0.05, 0) is 91.5 Å². The second-order valence-corrected chi connectivity index (χ2v) is 26.0. The standard InChI is InChI=1S/C62H68N8O14S2/c1-35(2)48(29-53(73)51-24-14-25-69(51)61(77)36(3)27-52(72)37(4)66-62(78)84-34-49-44-20-7-5-18-42(44)43-19-6-8-21-45(43)49)60(76)64-32-40(71)33-70-39(31-65-68-70)16-11-12-26-85(79,80)41-17-13-15-38(28-41)67-50-30-54(86(81,82)83)57(63)56-55(50)58(74)46-22-9-10-23-47(46)59(56)75/h5-10,13,15,17-23,28,30-31,35-37,40,48-49,51,67,71H,11-12,14,16,24-27,29,32-34,63H2,1-4H3,(H,64,76)(H,66,78)(H,81,82,83). The van der Waals surface area contributed by atoms with Crippen molar-refractivity contribution in [3.8, 4) is 11.1 Å². The van der Waals surface area contributed by atoms with E-state index in [1.165, 1.54) is 65.2 Å². The molecule has 452 valence electrons. The lowest BCUT2D eigenvalue weighted by molar-refractivity contribution is -0.142. The number of hydrogen-bond donors (Lipinski definition) is 6. The normalized spacial score (nSPS) is 16.1. The summed E-state index contributed by atoms with van der Waals surface area (Å²) in [5.41, 5.74) is 9.64. The van der Waals surface area contributed by atoms with Gasteiger partial charge in [-0.2, -0.15) is 8.42 Å². The quantitative estimate of drug-likeness (QED) is 0.0198. The number of nitrogens with one attached hydrogen (secondary N) is 3. The number of Topliss-reactive ketones (excluding diaryl/α,β-unsaturated/α-hetero) is 2. The molecule has 7 N–H and O–H groups in total. The van der Waals surface area contributed by atoms with Gasteiger partial charge in [0.15, 0.2) is 33.0 Å². The topological polar surface area (TPSA) is 334 Å². The van der Waals surface area contributed by atoms with E-state index >= 15 is 0 Å². The number of anilines is 3. The third-order valence-electron chi connectivity index (χ3n) is 16.2. The van der Waals surface area contributed by atoms with E-state index in [2.05, 4.69) is 26.3 Å². The smallest absolute Gasteiger partial charge is 0.407 e. The van der Waals surface area contributed by atoms with E-state index < -0.39 is 89.7 Å². The minimum absolute atomic E-state index is 0.00534. The van der Waals surface area contributed by atoms with E-state index in [4.69, 9.17) is 10.5 Å². The zero-order valence-corrected chi connectivity index (χ0v) is 49.5. The van der Waals surface area contributed by atoms with Crippen molar-refractivity contribution in [3.63, 3.8) is 0 Å². The predicted molar refractivity (Wildman–Crippen MR) is 317 cm³/mol. The number of nitrogens with two attached hydrogens (primary N) is 1. The number of ether oxygens (including phenoxy) is 1. The average Bonchev–Trinajstić information content (AvgIpc) is 1.52. The highest BCUT2D eigenvalue weighted by atomic mass is 32.2. The Balaban J connectivity index is 0.721. The van der Waals surface area contributed by atoms with Crippen LogP contribution in [0.25, 0.3) is 11.1 Å². The number of likely N-dealkylation sites (tertiary alicyclic amines) is 1. The molecule has 1 fully saturated rings. The summed E-state index contributed by atoms with van der Waals surface area (Å²) < 4.78 is 69.2. The highest BCUT2D eigenvalue weighted by molar-refractivity contribution is 7.91. The molecule has 5 aromatic carbocycles. The molecule has 1 aliphatic heterocycles. The average molecular weight is 1210 g/mol. The molecular formula is C62H68N8O14S2. The molecule has 1 aromatic heterocycles. The number of fused-ring (bicyclic) bond motifs is 5. The molecule has 5 atom stereocenters. The molecule has 86 heavy (non-hydrogen) atoms. The van der Waals surface area contributed by atoms with Crippen LogP contribution in [-0.2, 0) is 56.8 Å². The lowest BCUT2D eigenvalue weighted by Gasteiger charge is -2.28. The van der Waals surface area contributed by atoms with Crippen molar-refractivity contribution in [3.05, 3.63) is 148 Å². The first-order valence-electron chi connectivity index (χ1n) is 28.5. The molecule has 0 radical (unpaired) electrons. The SMILES string of the molecule is CC(CC(=O)C(C)NC(=O)OCC1c2ccccc2-c2ccccc21)C(=O)N1CCCC1C(=O)CC(C(=O)NCC(O)Cn1nncc1CCCCS(=O)(=O)c1cccc(Nc2cc(S(=O)(=O)O)c(N)c3c2C(=O)c2ccccc2C3=O)c1)C(C)C. The van der Waals surface area contributed by atoms with E-state index in [1.807, 2.05) is 48.5 Å². The number of nitrogens with zero attached hydrogens (tertiary/aromatic N) is 4. The van der Waals surface area contributed by atoms with Crippen LogP contribution in [0.2, 0.25) is 0 Å². The Bertz CT molecular complexity index is 3840. The van der Waals surface area contributed by atoms with Crippen molar-refractivity contribution < 1.29 is 64.8 Å². The molecule has 3 aliphatic rings. The number of aliphatic hydroxyl groups excluding tert-OH is 1. The van der Waals surface area contributed by atoms with Crippen LogP contribution >= 0.6 is 0 Å². The minimum Gasteiger partial charge on any atom is -0.449 e. The Morgan fingerprint density at radius 1 is 0.802 bits per heavy atom. The van der Waals surface area contributed by atoms with Gasteiger partial charge in [0.05, 0.1) is 69.8 Å². The number of rotatable bonds is 25. The van der Waals surface area contributed by atoms with Crippen molar-refractivity contribution in [2.24, 2.45) is 17.8 Å². The minimum atomic E-state index is -5.00. The number of carbonyl (C=O) groups is 7. The summed E-state index contributed by atoms with van der Waals surface area (Å²) >= 11 is 0. The molecule has 3 amide bonds. The molecule has 1 saturated heterocycles. The second kappa shape index (κ2) is 26.0. The monoisotopic (exact) mass is 1210 g/mol. The van der Waals surface area contributed by atoms with Gasteiger partial charge in [-0.3, -0.25) is 33.3 Å². The van der Waals surface area contributed by atoms with E-state index in [9.17, 15) is 60.1 Å². The fourth-order valence-corrected chi connectivity index (χ4v) is 13.6. The van der Waals surface area contributed by atoms with Gasteiger partial charge in [0.2, 0.25) is 11.8 Å². The molecule has 0 saturated carbocycles. The van der Waals surface area contributed by atoms with Gasteiger partial charge < -0.3 is 36.4 Å². The van der Waals surface area contributed by atoms with Gasteiger partial charge in [0.1, 0.15) is 11.5 Å². The Morgan fingerprint density at radius 3 is 2.09 bits per heavy atom. The number of hydrogen-bond acceptors (Lipinski definition) is 17. The zero-order valence-electron chi connectivity index (χ0n) is 47.9. The van der Waals surface area contributed by atoms with Gasteiger partial charge in [-0.25, -0.2) is 17.9 Å². The van der Waals surface area contributed by atoms with Crippen LogP contribution < -0.4 is 21.7 Å². The maximum Gasteiger partial charge on any atom is 0.407 e. The summed E-state index contributed by atoms with van der Waals surface area (Å²) in [5.74, 6) is -5.23. The highest BCUT2D eigenvalue weighted by Gasteiger charge is 2.40. The first-order valence-corrected chi connectivity index (χ1v) is 31.5. The Morgan fingerprint density at radius 2 is 1.44 bits per heavy atom. The van der Waals surface area contributed by atoms with Crippen LogP contribution in [0.3, 0.4) is 0 Å². The molecule has 0 spiro atoms. The first kappa shape index (κ1) is 62.1. The summed E-state index contributed by atoms with van der Waals surface area (Å²) in [4.78, 5) is 95.7. The van der Waals surface area contributed by atoms with Gasteiger partial charge in [-0.1, -0.05) is 105 Å². The Hall–Kier alpha value is -8.45. The number of aryl methyl sites for hydroxylation is 1. The number of ketones is 4. The van der Waals surface area contributed by atoms with Crippen molar-refractivity contribution in [2.45, 2.75) is 113 Å². The van der Waals surface area contributed by atoms with Crippen molar-refractivity contribution in [2.75, 3.05) is 36.5 Å². The fraction of sp³-hybridized carbons (Fsp3) is 0.371. The van der Waals surface area contributed by atoms with E-state index in [-0.39, 0.29) is 107 Å². The maximum absolute atomic E-state index is 13.9. The van der Waals surface area contributed by atoms with E-state index in [0.29, 0.717) is 37.9 Å². The fourth-order valence-electron chi connectivity index (χ4n) is 11.6. The number of amides is 3. The molecular weight excluding hydrogens is 1140 g/mol. The van der Waals surface area contributed by atoms with Crippen LogP contribution in [0.1, 0.15) is 121 Å². The Labute approximate surface area is 497 Å². The number of alkyl carbamates (subject to hydrolysis) is 1. The van der Waals surface area contributed by atoms with Gasteiger partial charge in [-0.15, -0.1) is 5.10 Å². The molecule has 6 aromatic rings. The van der Waals surface area contributed by atoms with Crippen molar-refractivity contribution >= 4 is 78.1 Å². The number of aromatic nitrogens is 3. The summed E-state index contributed by atoms with van der Waals surface area (Å²) in [6.45, 7) is 6.85. The predicted octanol–water partition coefficient (Wildman–Crippen LogP) is 6.64. The molecule has 24 heteroatoms. The van der Waals surface area contributed by atoms with Crippen LogP contribution in [0, 0.1) is 17.8 Å². The van der Waals surface area contributed by atoms with Gasteiger partial charge in [0.25, 0.3) is 10.1 Å². The summed E-state index contributed by atoms with van der Waals surface area (Å²) in [6, 6.07) is 26.5. The van der Waals surface area contributed by atoms with Crippen molar-refractivity contribution in [1.29, 1.82) is 0 Å². The molecule has 9 rings (SSSR count). The summed E-state index contributed by atoms with van der Waals surface area (Å²) in [5, 5.41) is 27.3. The number of sulfone groups is 1. The van der Waals surface area contributed by atoms with Crippen LogP contribution in [-0.4, -0.2) is 131 Å². The molecule has 2 aliphatic carbocycles. The van der Waals surface area contributed by atoms with Crippen LogP contribution in [0.4, 0.5) is 21.9 Å². The Kier molecular flexibility index (Phi) is 18.8. The third kappa shape index (κ3) is 13.5.